The average Bonchev–Trinajstić information content (AvgIpc) is 3.11. The van der Waals surface area contributed by atoms with Crippen molar-refractivity contribution in [1.82, 2.24) is 5.32 Å². The summed E-state index contributed by atoms with van der Waals surface area (Å²) in [5, 5.41) is 13.2. The van der Waals surface area contributed by atoms with Crippen LogP contribution < -0.4 is 10.1 Å². The molecular formula is C16H25NO2. The van der Waals surface area contributed by atoms with Gasteiger partial charge in [0.2, 0.25) is 0 Å². The molecule has 0 atom stereocenters. The van der Waals surface area contributed by atoms with Crippen LogP contribution in [0.2, 0.25) is 0 Å². The Morgan fingerprint density at radius 2 is 2.11 bits per heavy atom. The van der Waals surface area contributed by atoms with Crippen molar-refractivity contribution in [3.63, 3.8) is 0 Å². The van der Waals surface area contributed by atoms with Gasteiger partial charge in [-0.1, -0.05) is 18.2 Å². The van der Waals surface area contributed by atoms with E-state index < -0.39 is 5.60 Å². The summed E-state index contributed by atoms with van der Waals surface area (Å²) < 4.78 is 5.90. The second-order valence-electron chi connectivity index (χ2n) is 6.13. The Hall–Kier alpha value is -1.06. The molecule has 106 valence electrons. The van der Waals surface area contributed by atoms with Crippen LogP contribution in [0.15, 0.2) is 18.2 Å². The Bertz CT molecular complexity index is 419. The van der Waals surface area contributed by atoms with E-state index in [0.29, 0.717) is 19.1 Å². The molecule has 3 heteroatoms. The lowest BCUT2D eigenvalue weighted by Gasteiger charge is -2.19. The SMILES string of the molecule is Cc1cccc(CNC2CC2)c1OCCC(C)(C)O. The molecule has 0 bridgehead atoms. The number of benzene rings is 1. The fourth-order valence-corrected chi connectivity index (χ4v) is 2.00. The third-order valence-corrected chi connectivity index (χ3v) is 3.41. The van der Waals surface area contributed by atoms with Crippen LogP contribution in [0.4, 0.5) is 0 Å². The molecule has 2 rings (SSSR count). The zero-order valence-electron chi connectivity index (χ0n) is 12.2. The van der Waals surface area contributed by atoms with Crippen molar-refractivity contribution in [3.8, 4) is 5.75 Å². The molecule has 1 aromatic carbocycles. The van der Waals surface area contributed by atoms with E-state index in [2.05, 4.69) is 30.4 Å². The molecule has 0 amide bonds. The van der Waals surface area contributed by atoms with Crippen LogP contribution in [0, 0.1) is 6.92 Å². The van der Waals surface area contributed by atoms with Crippen LogP contribution in [0.1, 0.15) is 44.2 Å². The second kappa shape index (κ2) is 5.93. The minimum absolute atomic E-state index is 0.546. The molecule has 0 saturated heterocycles. The third kappa shape index (κ3) is 4.84. The maximum atomic E-state index is 9.73. The zero-order valence-corrected chi connectivity index (χ0v) is 12.2. The van der Waals surface area contributed by atoms with Gasteiger partial charge in [0.05, 0.1) is 12.2 Å². The highest BCUT2D eigenvalue weighted by Crippen LogP contribution is 2.26. The Kier molecular flexibility index (Phi) is 4.48. The molecule has 1 saturated carbocycles. The van der Waals surface area contributed by atoms with Gasteiger partial charge in [-0.15, -0.1) is 0 Å². The zero-order chi connectivity index (χ0) is 13.9. The normalized spacial score (nSPS) is 15.6. The van der Waals surface area contributed by atoms with Gasteiger partial charge in [-0.3, -0.25) is 0 Å². The maximum Gasteiger partial charge on any atom is 0.126 e. The van der Waals surface area contributed by atoms with Gasteiger partial charge < -0.3 is 15.2 Å². The second-order valence-corrected chi connectivity index (χ2v) is 6.13. The minimum Gasteiger partial charge on any atom is -0.493 e. The number of hydrogen-bond donors (Lipinski definition) is 2. The summed E-state index contributed by atoms with van der Waals surface area (Å²) in [4.78, 5) is 0. The fraction of sp³-hybridized carbons (Fsp3) is 0.625. The molecule has 1 aliphatic carbocycles. The van der Waals surface area contributed by atoms with Crippen LogP contribution in [0.3, 0.4) is 0 Å². The molecule has 0 spiro atoms. The molecule has 1 aromatic rings. The number of nitrogens with one attached hydrogen (secondary N) is 1. The van der Waals surface area contributed by atoms with E-state index in [0.717, 1.165) is 17.9 Å². The molecule has 0 aliphatic heterocycles. The van der Waals surface area contributed by atoms with Gasteiger partial charge in [0.25, 0.3) is 0 Å². The third-order valence-electron chi connectivity index (χ3n) is 3.41. The average molecular weight is 263 g/mol. The van der Waals surface area contributed by atoms with Crippen molar-refractivity contribution in [1.29, 1.82) is 0 Å². The van der Waals surface area contributed by atoms with E-state index in [9.17, 15) is 5.11 Å². The van der Waals surface area contributed by atoms with Crippen molar-refractivity contribution in [3.05, 3.63) is 29.3 Å². The first-order chi connectivity index (χ1) is 8.96. The first-order valence-corrected chi connectivity index (χ1v) is 7.13. The van der Waals surface area contributed by atoms with E-state index in [1.807, 2.05) is 13.8 Å². The fourth-order valence-electron chi connectivity index (χ4n) is 2.00. The number of ether oxygens (including phenoxy) is 1. The number of rotatable bonds is 7. The van der Waals surface area contributed by atoms with Gasteiger partial charge in [0, 0.05) is 24.6 Å². The van der Waals surface area contributed by atoms with Crippen LogP contribution >= 0.6 is 0 Å². The van der Waals surface area contributed by atoms with Gasteiger partial charge in [0.1, 0.15) is 5.75 Å². The monoisotopic (exact) mass is 263 g/mol. The van der Waals surface area contributed by atoms with Gasteiger partial charge >= 0.3 is 0 Å². The highest BCUT2D eigenvalue weighted by atomic mass is 16.5. The summed E-state index contributed by atoms with van der Waals surface area (Å²) in [5.41, 5.74) is 1.70. The summed E-state index contributed by atoms with van der Waals surface area (Å²) in [6.07, 6.45) is 3.22. The lowest BCUT2D eigenvalue weighted by Crippen LogP contribution is -2.22. The Morgan fingerprint density at radius 1 is 1.37 bits per heavy atom. The van der Waals surface area contributed by atoms with Gasteiger partial charge in [-0.2, -0.15) is 0 Å². The number of aliphatic hydroxyl groups is 1. The van der Waals surface area contributed by atoms with Gasteiger partial charge in [0.15, 0.2) is 0 Å². The first kappa shape index (κ1) is 14.4. The highest BCUT2D eigenvalue weighted by Gasteiger charge is 2.21. The van der Waals surface area contributed by atoms with E-state index in [1.165, 1.54) is 18.4 Å². The van der Waals surface area contributed by atoms with Crippen LogP contribution in [0.5, 0.6) is 5.75 Å². The van der Waals surface area contributed by atoms with Crippen LogP contribution in [0.25, 0.3) is 0 Å². The van der Waals surface area contributed by atoms with Crippen LogP contribution in [-0.4, -0.2) is 23.4 Å². The molecule has 0 unspecified atom stereocenters. The van der Waals surface area contributed by atoms with Crippen LogP contribution in [-0.2, 0) is 6.54 Å². The number of para-hydroxylation sites is 1. The van der Waals surface area contributed by atoms with E-state index in [1.54, 1.807) is 0 Å². The summed E-state index contributed by atoms with van der Waals surface area (Å²) in [6.45, 7) is 7.10. The molecule has 1 aliphatic rings. The van der Waals surface area contributed by atoms with Gasteiger partial charge in [-0.25, -0.2) is 0 Å². The maximum absolute atomic E-state index is 9.73. The lowest BCUT2D eigenvalue weighted by atomic mass is 10.1. The predicted molar refractivity (Wildman–Crippen MR) is 77.5 cm³/mol. The molecule has 0 aromatic heterocycles. The van der Waals surface area contributed by atoms with Crippen molar-refractivity contribution >= 4 is 0 Å². The molecule has 2 N–H and O–H groups in total. The molecule has 0 heterocycles. The van der Waals surface area contributed by atoms with E-state index >= 15 is 0 Å². The Labute approximate surface area is 116 Å². The Morgan fingerprint density at radius 3 is 2.74 bits per heavy atom. The Balaban J connectivity index is 1.95. The summed E-state index contributed by atoms with van der Waals surface area (Å²) >= 11 is 0. The van der Waals surface area contributed by atoms with Crippen molar-refractivity contribution < 1.29 is 9.84 Å². The highest BCUT2D eigenvalue weighted by molar-refractivity contribution is 5.40. The molecule has 1 fully saturated rings. The standard InChI is InChI=1S/C16H25NO2/c1-12-5-4-6-13(11-17-14-7-8-14)15(12)19-10-9-16(2,3)18/h4-6,14,17-18H,7-11H2,1-3H3. The number of hydrogen-bond acceptors (Lipinski definition) is 3. The summed E-state index contributed by atoms with van der Waals surface area (Å²) in [5.74, 6) is 0.972. The summed E-state index contributed by atoms with van der Waals surface area (Å²) in [7, 11) is 0. The topological polar surface area (TPSA) is 41.5 Å². The minimum atomic E-state index is -0.672. The van der Waals surface area contributed by atoms with E-state index in [4.69, 9.17) is 4.74 Å². The first-order valence-electron chi connectivity index (χ1n) is 7.13. The largest absolute Gasteiger partial charge is 0.493 e. The molecule has 3 nitrogen and oxygen atoms in total. The molecular weight excluding hydrogens is 238 g/mol. The smallest absolute Gasteiger partial charge is 0.126 e. The lowest BCUT2D eigenvalue weighted by molar-refractivity contribution is 0.0551. The van der Waals surface area contributed by atoms with Crippen molar-refractivity contribution in [2.75, 3.05) is 6.61 Å². The van der Waals surface area contributed by atoms with Crippen molar-refractivity contribution in [2.24, 2.45) is 0 Å². The van der Waals surface area contributed by atoms with Gasteiger partial charge in [-0.05, 0) is 39.2 Å². The van der Waals surface area contributed by atoms with Crippen molar-refractivity contribution in [2.45, 2.75) is 58.2 Å². The molecule has 0 radical (unpaired) electrons. The summed E-state index contributed by atoms with van der Waals surface area (Å²) in [6, 6.07) is 6.95. The van der Waals surface area contributed by atoms with E-state index in [-0.39, 0.29) is 0 Å². The quantitative estimate of drug-likeness (QED) is 0.795. The molecule has 19 heavy (non-hydrogen) atoms. The number of aryl methyl sites for hydroxylation is 1. The predicted octanol–water partition coefficient (Wildman–Crippen LogP) is 2.79.